The number of nitrogens with zero attached hydrogens (tertiary/aromatic N) is 1. The van der Waals surface area contributed by atoms with E-state index < -0.39 is 11.5 Å². The highest BCUT2D eigenvalue weighted by Crippen LogP contribution is 2.26. The van der Waals surface area contributed by atoms with Crippen molar-refractivity contribution in [2.24, 2.45) is 0 Å². The molecule has 0 aliphatic rings. The summed E-state index contributed by atoms with van der Waals surface area (Å²) in [6.45, 7) is 0.453. The molecule has 0 saturated heterocycles. The van der Waals surface area contributed by atoms with Gasteiger partial charge in [-0.15, -0.1) is 0 Å². The summed E-state index contributed by atoms with van der Waals surface area (Å²) in [4.78, 5) is 30.3. The predicted molar refractivity (Wildman–Crippen MR) is 123 cm³/mol. The van der Waals surface area contributed by atoms with Crippen molar-refractivity contribution in [3.8, 4) is 5.75 Å². The summed E-state index contributed by atoms with van der Waals surface area (Å²) in [5.74, 6) is -0.907. The number of aromatic hydroxyl groups is 1. The molecule has 1 heterocycles. The van der Waals surface area contributed by atoms with E-state index in [9.17, 15) is 14.7 Å². The summed E-state index contributed by atoms with van der Waals surface area (Å²) in [6, 6.07) is 21.0. The molecule has 0 atom stereocenters. The first kappa shape index (κ1) is 21.0. The average molecular weight is 453 g/mol. The van der Waals surface area contributed by atoms with E-state index in [1.54, 1.807) is 48.5 Å². The maximum atomic E-state index is 13.5. The van der Waals surface area contributed by atoms with Crippen LogP contribution in [-0.4, -0.2) is 20.9 Å². The van der Waals surface area contributed by atoms with Crippen LogP contribution >= 0.6 is 23.2 Å². The molecule has 1 aromatic heterocycles. The summed E-state index contributed by atoms with van der Waals surface area (Å²) in [5, 5.41) is 12.3. The standard InChI is InChI=1S/C24H18Cl2N2O3/c25-17-9-5-15(6-10-17)13-28(14-16-7-11-18(26)12-8-16)24(31)21-22(29)19-3-1-2-4-20(19)27-23(21)30/h1-12H,13-14H2,(H2,27,29,30). The lowest BCUT2D eigenvalue weighted by Gasteiger charge is -2.23. The van der Waals surface area contributed by atoms with Crippen molar-refractivity contribution >= 4 is 40.0 Å². The second-order valence-corrected chi connectivity index (χ2v) is 8.01. The van der Waals surface area contributed by atoms with Crippen molar-refractivity contribution in [1.82, 2.24) is 9.88 Å². The monoisotopic (exact) mass is 452 g/mol. The fourth-order valence-corrected chi connectivity index (χ4v) is 3.65. The van der Waals surface area contributed by atoms with Gasteiger partial charge in [-0.3, -0.25) is 9.59 Å². The van der Waals surface area contributed by atoms with Crippen molar-refractivity contribution in [1.29, 1.82) is 0 Å². The van der Waals surface area contributed by atoms with Gasteiger partial charge in [-0.1, -0.05) is 59.6 Å². The third-order valence-corrected chi connectivity index (χ3v) is 5.47. The summed E-state index contributed by atoms with van der Waals surface area (Å²) < 4.78 is 0. The molecule has 0 fully saturated rings. The number of H-pyrrole nitrogens is 1. The minimum absolute atomic E-state index is 0.227. The fraction of sp³-hybridized carbons (Fsp3) is 0.0833. The van der Waals surface area contributed by atoms with E-state index in [1.165, 1.54) is 4.90 Å². The van der Waals surface area contributed by atoms with E-state index in [2.05, 4.69) is 4.98 Å². The van der Waals surface area contributed by atoms with E-state index in [0.717, 1.165) is 11.1 Å². The van der Waals surface area contributed by atoms with Crippen molar-refractivity contribution in [3.63, 3.8) is 0 Å². The Kier molecular flexibility index (Phi) is 5.98. The predicted octanol–water partition coefficient (Wildman–Crippen LogP) is 5.38. The van der Waals surface area contributed by atoms with E-state index in [4.69, 9.17) is 23.2 Å². The highest BCUT2D eigenvalue weighted by atomic mass is 35.5. The molecule has 0 aliphatic heterocycles. The van der Waals surface area contributed by atoms with Crippen LogP contribution in [0.4, 0.5) is 0 Å². The summed E-state index contributed by atoms with van der Waals surface area (Å²) in [7, 11) is 0. The van der Waals surface area contributed by atoms with Crippen LogP contribution in [0, 0.1) is 0 Å². The number of pyridine rings is 1. The van der Waals surface area contributed by atoms with Gasteiger partial charge in [-0.25, -0.2) is 0 Å². The Balaban J connectivity index is 1.75. The molecule has 5 nitrogen and oxygen atoms in total. The quantitative estimate of drug-likeness (QED) is 0.426. The Hall–Kier alpha value is -3.28. The van der Waals surface area contributed by atoms with E-state index in [-0.39, 0.29) is 24.4 Å². The van der Waals surface area contributed by atoms with Crippen LogP contribution in [0.2, 0.25) is 10.0 Å². The van der Waals surface area contributed by atoms with Gasteiger partial charge >= 0.3 is 0 Å². The van der Waals surface area contributed by atoms with Crippen molar-refractivity contribution < 1.29 is 9.90 Å². The molecule has 0 spiro atoms. The number of fused-ring (bicyclic) bond motifs is 1. The number of carbonyl (C=O) groups excluding carboxylic acids is 1. The molecule has 31 heavy (non-hydrogen) atoms. The molecule has 0 bridgehead atoms. The molecular weight excluding hydrogens is 435 g/mol. The second-order valence-electron chi connectivity index (χ2n) is 7.14. The number of hydrogen-bond donors (Lipinski definition) is 2. The Morgan fingerprint density at radius 3 is 1.90 bits per heavy atom. The number of aromatic nitrogens is 1. The van der Waals surface area contributed by atoms with Crippen molar-refractivity contribution in [2.75, 3.05) is 0 Å². The number of hydrogen-bond acceptors (Lipinski definition) is 3. The molecular formula is C24H18Cl2N2O3. The first-order valence-electron chi connectivity index (χ1n) is 9.54. The van der Waals surface area contributed by atoms with E-state index >= 15 is 0 Å². The van der Waals surface area contributed by atoms with Crippen LogP contribution < -0.4 is 5.56 Å². The summed E-state index contributed by atoms with van der Waals surface area (Å²) in [5.41, 5.74) is 1.20. The zero-order chi connectivity index (χ0) is 22.0. The second kappa shape index (κ2) is 8.84. The van der Waals surface area contributed by atoms with Gasteiger partial charge in [0.05, 0.1) is 5.52 Å². The molecule has 156 valence electrons. The molecule has 4 aromatic rings. The number of rotatable bonds is 5. The van der Waals surface area contributed by atoms with Gasteiger partial charge in [0.25, 0.3) is 11.5 Å². The van der Waals surface area contributed by atoms with Crippen LogP contribution in [0.1, 0.15) is 21.5 Å². The zero-order valence-electron chi connectivity index (χ0n) is 16.3. The minimum atomic E-state index is -0.640. The molecule has 0 radical (unpaired) electrons. The first-order chi connectivity index (χ1) is 14.9. The molecule has 1 amide bonds. The van der Waals surface area contributed by atoms with E-state index in [0.29, 0.717) is 20.9 Å². The van der Waals surface area contributed by atoms with Gasteiger partial charge in [0.1, 0.15) is 11.3 Å². The Morgan fingerprint density at radius 2 is 1.35 bits per heavy atom. The zero-order valence-corrected chi connectivity index (χ0v) is 17.8. The SMILES string of the molecule is O=C(c1c(O)c2ccccc2[nH]c1=O)N(Cc1ccc(Cl)cc1)Cc1ccc(Cl)cc1. The number of carbonyl (C=O) groups is 1. The van der Waals surface area contributed by atoms with E-state index in [1.807, 2.05) is 24.3 Å². The van der Waals surface area contributed by atoms with Gasteiger partial charge in [-0.2, -0.15) is 0 Å². The lowest BCUT2D eigenvalue weighted by atomic mass is 10.1. The van der Waals surface area contributed by atoms with Crippen LogP contribution in [-0.2, 0) is 13.1 Å². The highest BCUT2D eigenvalue weighted by Gasteiger charge is 2.25. The molecule has 0 unspecified atom stereocenters. The van der Waals surface area contributed by atoms with Gasteiger partial charge in [0.2, 0.25) is 0 Å². The first-order valence-corrected chi connectivity index (χ1v) is 10.3. The van der Waals surface area contributed by atoms with Crippen LogP contribution in [0.3, 0.4) is 0 Å². The fourth-order valence-electron chi connectivity index (χ4n) is 3.40. The van der Waals surface area contributed by atoms with Crippen LogP contribution in [0.5, 0.6) is 5.75 Å². The number of halogens is 2. The maximum Gasteiger partial charge on any atom is 0.265 e. The Bertz CT molecular complexity index is 1250. The van der Waals surface area contributed by atoms with Gasteiger partial charge in [0.15, 0.2) is 0 Å². The Morgan fingerprint density at radius 1 is 0.839 bits per heavy atom. The maximum absolute atomic E-state index is 13.5. The number of benzene rings is 3. The largest absolute Gasteiger partial charge is 0.506 e. The molecule has 0 aliphatic carbocycles. The molecule has 3 aromatic carbocycles. The molecule has 0 saturated carbocycles. The van der Waals surface area contributed by atoms with Gasteiger partial charge < -0.3 is 15.0 Å². The van der Waals surface area contributed by atoms with Crippen LogP contribution in [0.25, 0.3) is 10.9 Å². The van der Waals surface area contributed by atoms with Gasteiger partial charge in [0, 0.05) is 28.5 Å². The minimum Gasteiger partial charge on any atom is -0.506 e. The summed E-state index contributed by atoms with van der Waals surface area (Å²) in [6.07, 6.45) is 0. The number of para-hydroxylation sites is 1. The normalized spacial score (nSPS) is 10.9. The lowest BCUT2D eigenvalue weighted by Crippen LogP contribution is -2.34. The molecule has 2 N–H and O–H groups in total. The topological polar surface area (TPSA) is 73.4 Å². The molecule has 4 rings (SSSR count). The summed E-state index contributed by atoms with van der Waals surface area (Å²) >= 11 is 12.0. The molecule has 7 heteroatoms. The number of nitrogens with one attached hydrogen (secondary N) is 1. The lowest BCUT2D eigenvalue weighted by molar-refractivity contribution is 0.0725. The van der Waals surface area contributed by atoms with Gasteiger partial charge in [-0.05, 0) is 47.5 Å². The third kappa shape index (κ3) is 4.58. The van der Waals surface area contributed by atoms with Crippen LogP contribution in [0.15, 0.2) is 77.6 Å². The number of aromatic amines is 1. The number of amides is 1. The smallest absolute Gasteiger partial charge is 0.265 e. The van der Waals surface area contributed by atoms with Crippen molar-refractivity contribution in [2.45, 2.75) is 13.1 Å². The average Bonchev–Trinajstić information content (AvgIpc) is 2.76. The highest BCUT2D eigenvalue weighted by molar-refractivity contribution is 6.30. The van der Waals surface area contributed by atoms with Crippen molar-refractivity contribution in [3.05, 3.63) is 110 Å². The Labute approximate surface area is 188 Å². The third-order valence-electron chi connectivity index (χ3n) is 4.97.